The Labute approximate surface area is 154 Å². The minimum atomic E-state index is 0.111. The quantitative estimate of drug-likeness (QED) is 0.419. The summed E-state index contributed by atoms with van der Waals surface area (Å²) in [7, 11) is 0. The van der Waals surface area contributed by atoms with Crippen molar-refractivity contribution >= 4 is 5.78 Å². The van der Waals surface area contributed by atoms with E-state index in [2.05, 4.69) is 26.0 Å². The van der Waals surface area contributed by atoms with Crippen LogP contribution in [0.3, 0.4) is 0 Å². The number of benzene rings is 1. The molecule has 1 saturated carbocycles. The van der Waals surface area contributed by atoms with E-state index in [1.165, 1.54) is 50.5 Å². The zero-order valence-electron chi connectivity index (χ0n) is 16.3. The second-order valence-corrected chi connectivity index (χ2v) is 7.61. The second kappa shape index (κ2) is 11.3. The van der Waals surface area contributed by atoms with E-state index < -0.39 is 0 Å². The standard InChI is InChI=1S/C23H36O2/c1-3-5-6-7-8-9-10-17-25-21-14-12-20(13-15-21)22-16-11-19(4-2)18-23(22)24/h12-15,19,22H,3-11,16-18H2,1-2H3. The first-order valence-corrected chi connectivity index (χ1v) is 10.5. The zero-order valence-corrected chi connectivity index (χ0v) is 16.3. The van der Waals surface area contributed by atoms with Crippen molar-refractivity contribution in [2.45, 2.75) is 90.4 Å². The maximum atomic E-state index is 12.4. The van der Waals surface area contributed by atoms with Gasteiger partial charge < -0.3 is 4.74 Å². The number of carbonyl (C=O) groups is 1. The predicted octanol–water partition coefficient (Wildman–Crippen LogP) is 6.68. The van der Waals surface area contributed by atoms with Crippen LogP contribution in [-0.2, 0) is 4.79 Å². The van der Waals surface area contributed by atoms with Crippen LogP contribution in [0.2, 0.25) is 0 Å². The van der Waals surface area contributed by atoms with E-state index in [0.717, 1.165) is 38.0 Å². The number of unbranched alkanes of at least 4 members (excludes halogenated alkanes) is 6. The Balaban J connectivity index is 1.67. The van der Waals surface area contributed by atoms with Crippen molar-refractivity contribution < 1.29 is 9.53 Å². The number of hydrogen-bond acceptors (Lipinski definition) is 2. The van der Waals surface area contributed by atoms with Crippen molar-refractivity contribution in [3.63, 3.8) is 0 Å². The average molecular weight is 345 g/mol. The topological polar surface area (TPSA) is 26.3 Å². The molecule has 1 aromatic rings. The van der Waals surface area contributed by atoms with Crippen LogP contribution in [0.5, 0.6) is 5.75 Å². The van der Waals surface area contributed by atoms with Crippen molar-refractivity contribution in [3.8, 4) is 5.75 Å². The molecule has 2 nitrogen and oxygen atoms in total. The van der Waals surface area contributed by atoms with E-state index in [1.807, 2.05) is 12.1 Å². The molecule has 1 aromatic carbocycles. The average Bonchev–Trinajstić information content (AvgIpc) is 2.64. The molecule has 0 radical (unpaired) electrons. The van der Waals surface area contributed by atoms with E-state index in [1.54, 1.807) is 0 Å². The SMILES string of the molecule is CCCCCCCCCOc1ccc(C2CCC(CC)CC2=O)cc1. The van der Waals surface area contributed by atoms with Crippen LogP contribution in [0.1, 0.15) is 96.0 Å². The van der Waals surface area contributed by atoms with Gasteiger partial charge in [0.1, 0.15) is 11.5 Å². The number of rotatable bonds is 11. The summed E-state index contributed by atoms with van der Waals surface area (Å²) >= 11 is 0. The third-order valence-corrected chi connectivity index (χ3v) is 5.62. The molecule has 0 aromatic heterocycles. The molecule has 0 bridgehead atoms. The highest BCUT2D eigenvalue weighted by Gasteiger charge is 2.28. The third kappa shape index (κ3) is 6.84. The summed E-state index contributed by atoms with van der Waals surface area (Å²) in [4.78, 5) is 12.4. The molecule has 0 amide bonds. The van der Waals surface area contributed by atoms with Crippen molar-refractivity contribution in [3.05, 3.63) is 29.8 Å². The van der Waals surface area contributed by atoms with E-state index in [9.17, 15) is 4.79 Å². The molecule has 1 fully saturated rings. The first-order valence-electron chi connectivity index (χ1n) is 10.5. The summed E-state index contributed by atoms with van der Waals surface area (Å²) in [6.07, 6.45) is 13.2. The molecule has 2 heteroatoms. The summed E-state index contributed by atoms with van der Waals surface area (Å²) in [6, 6.07) is 8.26. The Morgan fingerprint density at radius 2 is 1.60 bits per heavy atom. The summed E-state index contributed by atoms with van der Waals surface area (Å²) in [5, 5.41) is 0. The lowest BCUT2D eigenvalue weighted by Crippen LogP contribution is -2.23. The van der Waals surface area contributed by atoms with E-state index in [-0.39, 0.29) is 5.92 Å². The van der Waals surface area contributed by atoms with Gasteiger partial charge in [-0.05, 0) is 42.9 Å². The van der Waals surface area contributed by atoms with Crippen molar-refractivity contribution in [1.29, 1.82) is 0 Å². The molecular weight excluding hydrogens is 308 g/mol. The molecule has 0 N–H and O–H groups in total. The maximum Gasteiger partial charge on any atom is 0.140 e. The fourth-order valence-electron chi connectivity index (χ4n) is 3.84. The lowest BCUT2D eigenvalue weighted by molar-refractivity contribution is -0.123. The molecule has 0 aliphatic heterocycles. The number of ether oxygens (including phenoxy) is 1. The highest BCUT2D eigenvalue weighted by molar-refractivity contribution is 5.86. The van der Waals surface area contributed by atoms with E-state index in [4.69, 9.17) is 4.74 Å². The van der Waals surface area contributed by atoms with Crippen LogP contribution in [0, 0.1) is 5.92 Å². The van der Waals surface area contributed by atoms with Gasteiger partial charge in [-0.1, -0.05) is 70.9 Å². The monoisotopic (exact) mass is 344 g/mol. The second-order valence-electron chi connectivity index (χ2n) is 7.61. The molecule has 2 unspecified atom stereocenters. The minimum Gasteiger partial charge on any atom is -0.494 e. The highest BCUT2D eigenvalue weighted by Crippen LogP contribution is 2.35. The molecule has 2 atom stereocenters. The fourth-order valence-corrected chi connectivity index (χ4v) is 3.84. The van der Waals surface area contributed by atoms with Gasteiger partial charge in [0.2, 0.25) is 0 Å². The minimum absolute atomic E-state index is 0.111. The molecule has 25 heavy (non-hydrogen) atoms. The molecule has 1 aliphatic rings. The van der Waals surface area contributed by atoms with Crippen LogP contribution in [0.15, 0.2) is 24.3 Å². The summed E-state index contributed by atoms with van der Waals surface area (Å²) in [5.74, 6) is 2.08. The van der Waals surface area contributed by atoms with Gasteiger partial charge >= 0.3 is 0 Å². The molecule has 140 valence electrons. The molecular formula is C23H36O2. The van der Waals surface area contributed by atoms with Crippen molar-refractivity contribution in [2.24, 2.45) is 5.92 Å². The number of carbonyl (C=O) groups excluding carboxylic acids is 1. The van der Waals surface area contributed by atoms with Gasteiger partial charge in [-0.25, -0.2) is 0 Å². The number of hydrogen-bond donors (Lipinski definition) is 0. The Kier molecular flexibility index (Phi) is 9.07. The van der Waals surface area contributed by atoms with Crippen LogP contribution in [0.4, 0.5) is 0 Å². The Morgan fingerprint density at radius 3 is 2.24 bits per heavy atom. The van der Waals surface area contributed by atoms with E-state index >= 15 is 0 Å². The Bertz CT molecular complexity index is 491. The van der Waals surface area contributed by atoms with Gasteiger partial charge in [0.05, 0.1) is 6.61 Å². The van der Waals surface area contributed by atoms with Crippen LogP contribution < -0.4 is 4.74 Å². The van der Waals surface area contributed by atoms with Crippen molar-refractivity contribution in [2.75, 3.05) is 6.61 Å². The van der Waals surface area contributed by atoms with Gasteiger partial charge in [-0.15, -0.1) is 0 Å². The van der Waals surface area contributed by atoms with Gasteiger partial charge in [0, 0.05) is 12.3 Å². The Morgan fingerprint density at radius 1 is 0.920 bits per heavy atom. The van der Waals surface area contributed by atoms with Crippen LogP contribution in [-0.4, -0.2) is 12.4 Å². The largest absolute Gasteiger partial charge is 0.494 e. The summed E-state index contributed by atoms with van der Waals surface area (Å²) in [5.41, 5.74) is 1.17. The molecule has 0 spiro atoms. The van der Waals surface area contributed by atoms with Gasteiger partial charge in [0.15, 0.2) is 0 Å². The van der Waals surface area contributed by atoms with Crippen LogP contribution in [0.25, 0.3) is 0 Å². The number of ketones is 1. The molecule has 1 aliphatic carbocycles. The first-order chi connectivity index (χ1) is 12.2. The first kappa shape index (κ1) is 20.0. The van der Waals surface area contributed by atoms with Crippen LogP contribution >= 0.6 is 0 Å². The molecule has 0 heterocycles. The van der Waals surface area contributed by atoms with Gasteiger partial charge in [-0.3, -0.25) is 4.79 Å². The third-order valence-electron chi connectivity index (χ3n) is 5.62. The lowest BCUT2D eigenvalue weighted by atomic mass is 9.77. The Hall–Kier alpha value is -1.31. The fraction of sp³-hybridized carbons (Fsp3) is 0.696. The predicted molar refractivity (Wildman–Crippen MR) is 105 cm³/mol. The molecule has 2 rings (SSSR count). The maximum absolute atomic E-state index is 12.4. The van der Waals surface area contributed by atoms with Gasteiger partial charge in [-0.2, -0.15) is 0 Å². The molecule has 0 saturated heterocycles. The lowest BCUT2D eigenvalue weighted by Gasteiger charge is -2.27. The zero-order chi connectivity index (χ0) is 17.9. The van der Waals surface area contributed by atoms with Crippen molar-refractivity contribution in [1.82, 2.24) is 0 Å². The smallest absolute Gasteiger partial charge is 0.140 e. The normalized spacial score (nSPS) is 20.6. The van der Waals surface area contributed by atoms with E-state index in [0.29, 0.717) is 11.7 Å². The highest BCUT2D eigenvalue weighted by atomic mass is 16.5. The number of Topliss-reactive ketones (excluding diaryl/α,β-unsaturated/α-hetero) is 1. The summed E-state index contributed by atoms with van der Waals surface area (Å²) in [6.45, 7) is 5.24. The summed E-state index contributed by atoms with van der Waals surface area (Å²) < 4.78 is 5.85. The van der Waals surface area contributed by atoms with Gasteiger partial charge in [0.25, 0.3) is 0 Å².